The molecule has 0 aromatic carbocycles. The topological polar surface area (TPSA) is 42.2 Å². The first kappa shape index (κ1) is 14.3. The third-order valence-electron chi connectivity index (χ3n) is 2.59. The van der Waals surface area contributed by atoms with Crippen LogP contribution < -0.4 is 10.6 Å². The zero-order valence-corrected chi connectivity index (χ0v) is 12.2. The van der Waals surface area contributed by atoms with Crippen molar-refractivity contribution in [2.45, 2.75) is 13.3 Å². The Kier molecular flexibility index (Phi) is 5.71. The van der Waals surface area contributed by atoms with Crippen molar-refractivity contribution in [1.82, 2.24) is 4.98 Å². The van der Waals surface area contributed by atoms with E-state index in [0.717, 1.165) is 35.7 Å². The van der Waals surface area contributed by atoms with Gasteiger partial charge in [-0.3, -0.25) is 0 Å². The number of anilines is 1. The summed E-state index contributed by atoms with van der Waals surface area (Å²) in [4.78, 5) is 6.93. The third-order valence-corrected chi connectivity index (χ3v) is 3.49. The highest BCUT2D eigenvalue weighted by Crippen LogP contribution is 2.20. The van der Waals surface area contributed by atoms with Crippen LogP contribution in [0.2, 0.25) is 0 Å². The SMILES string of the molecule is CSCCCN(C)c1nccc(C)c1C(N)=S. The van der Waals surface area contributed by atoms with Crippen molar-refractivity contribution in [1.29, 1.82) is 0 Å². The highest BCUT2D eigenvalue weighted by atomic mass is 32.2. The molecule has 3 nitrogen and oxygen atoms in total. The van der Waals surface area contributed by atoms with E-state index >= 15 is 0 Å². The Balaban J connectivity index is 2.89. The van der Waals surface area contributed by atoms with Crippen molar-refractivity contribution >= 4 is 34.8 Å². The Hall–Kier alpha value is -0.810. The zero-order valence-electron chi connectivity index (χ0n) is 10.6. The molecule has 0 aliphatic rings. The van der Waals surface area contributed by atoms with Crippen molar-refractivity contribution in [2.75, 3.05) is 30.5 Å². The molecule has 0 bridgehead atoms. The lowest BCUT2D eigenvalue weighted by Gasteiger charge is -2.21. The maximum absolute atomic E-state index is 5.77. The van der Waals surface area contributed by atoms with Crippen LogP contribution in [0, 0.1) is 6.92 Å². The fraction of sp³-hybridized carbons (Fsp3) is 0.500. The van der Waals surface area contributed by atoms with E-state index in [0.29, 0.717) is 4.99 Å². The van der Waals surface area contributed by atoms with E-state index in [4.69, 9.17) is 18.0 Å². The van der Waals surface area contributed by atoms with Crippen LogP contribution in [0.4, 0.5) is 5.82 Å². The molecule has 94 valence electrons. The van der Waals surface area contributed by atoms with Gasteiger partial charge in [0, 0.05) is 19.8 Å². The fourth-order valence-electron chi connectivity index (χ4n) is 1.69. The second-order valence-electron chi connectivity index (χ2n) is 3.96. The molecule has 0 saturated carbocycles. The number of hydrogen-bond acceptors (Lipinski definition) is 4. The molecule has 1 heterocycles. The van der Waals surface area contributed by atoms with Gasteiger partial charge in [-0.15, -0.1) is 0 Å². The molecular weight excluding hydrogens is 250 g/mol. The summed E-state index contributed by atoms with van der Waals surface area (Å²) in [6.45, 7) is 2.97. The van der Waals surface area contributed by atoms with Crippen LogP contribution in [0.15, 0.2) is 12.3 Å². The predicted molar refractivity (Wildman–Crippen MR) is 81.1 cm³/mol. The molecule has 0 aliphatic heterocycles. The van der Waals surface area contributed by atoms with Gasteiger partial charge in [-0.2, -0.15) is 11.8 Å². The van der Waals surface area contributed by atoms with Crippen LogP contribution in [0.25, 0.3) is 0 Å². The van der Waals surface area contributed by atoms with Gasteiger partial charge in [-0.25, -0.2) is 4.98 Å². The lowest BCUT2D eigenvalue weighted by atomic mass is 10.1. The average molecular weight is 269 g/mol. The maximum Gasteiger partial charge on any atom is 0.138 e. The first-order chi connectivity index (χ1) is 8.07. The van der Waals surface area contributed by atoms with Crippen LogP contribution in [-0.2, 0) is 0 Å². The van der Waals surface area contributed by atoms with Crippen LogP contribution in [-0.4, -0.2) is 35.6 Å². The number of rotatable bonds is 6. The van der Waals surface area contributed by atoms with E-state index in [1.807, 2.05) is 31.8 Å². The summed E-state index contributed by atoms with van der Waals surface area (Å²) < 4.78 is 0. The van der Waals surface area contributed by atoms with Gasteiger partial charge in [0.1, 0.15) is 10.8 Å². The summed E-state index contributed by atoms with van der Waals surface area (Å²) in [5.74, 6) is 2.04. The Morgan fingerprint density at radius 1 is 1.59 bits per heavy atom. The van der Waals surface area contributed by atoms with Gasteiger partial charge in [-0.1, -0.05) is 12.2 Å². The van der Waals surface area contributed by atoms with Crippen LogP contribution >= 0.6 is 24.0 Å². The second kappa shape index (κ2) is 6.81. The summed E-state index contributed by atoms with van der Waals surface area (Å²) in [7, 11) is 2.03. The molecule has 5 heteroatoms. The molecule has 0 amide bonds. The minimum Gasteiger partial charge on any atom is -0.389 e. The zero-order chi connectivity index (χ0) is 12.8. The summed E-state index contributed by atoms with van der Waals surface area (Å²) in [6, 6.07) is 1.94. The molecular formula is C12H19N3S2. The van der Waals surface area contributed by atoms with E-state index < -0.39 is 0 Å². The van der Waals surface area contributed by atoms with E-state index in [-0.39, 0.29) is 0 Å². The molecule has 0 atom stereocenters. The molecule has 1 aromatic heterocycles. The van der Waals surface area contributed by atoms with Crippen molar-refractivity contribution in [3.8, 4) is 0 Å². The minimum atomic E-state index is 0.419. The third kappa shape index (κ3) is 3.85. The molecule has 1 aromatic rings. The normalized spacial score (nSPS) is 10.3. The molecule has 0 saturated heterocycles. The van der Waals surface area contributed by atoms with Crippen LogP contribution in [0.3, 0.4) is 0 Å². The Morgan fingerprint density at radius 2 is 2.29 bits per heavy atom. The van der Waals surface area contributed by atoms with E-state index in [9.17, 15) is 0 Å². The van der Waals surface area contributed by atoms with Crippen LogP contribution in [0.1, 0.15) is 17.5 Å². The van der Waals surface area contributed by atoms with Crippen molar-refractivity contribution in [3.05, 3.63) is 23.4 Å². The maximum atomic E-state index is 5.77. The van der Waals surface area contributed by atoms with E-state index in [1.165, 1.54) is 0 Å². The average Bonchev–Trinajstić information content (AvgIpc) is 2.28. The molecule has 0 unspecified atom stereocenters. The van der Waals surface area contributed by atoms with Crippen molar-refractivity contribution < 1.29 is 0 Å². The Bertz CT molecular complexity index is 393. The first-order valence-electron chi connectivity index (χ1n) is 5.53. The van der Waals surface area contributed by atoms with E-state index in [2.05, 4.69) is 16.1 Å². The predicted octanol–water partition coefficient (Wildman–Crippen LogP) is 2.21. The van der Waals surface area contributed by atoms with Gasteiger partial charge in [0.25, 0.3) is 0 Å². The second-order valence-corrected chi connectivity index (χ2v) is 5.38. The van der Waals surface area contributed by atoms with Crippen molar-refractivity contribution in [3.63, 3.8) is 0 Å². The number of pyridine rings is 1. The standard InChI is InChI=1S/C12H19N3S2/c1-9-5-6-14-12(10(9)11(13)16)15(2)7-4-8-17-3/h5-6H,4,7-8H2,1-3H3,(H2,13,16). The molecule has 0 aliphatic carbocycles. The summed E-state index contributed by atoms with van der Waals surface area (Å²) in [5, 5.41) is 0. The lowest BCUT2D eigenvalue weighted by molar-refractivity contribution is 0.843. The van der Waals surface area contributed by atoms with Gasteiger partial charge in [0.05, 0.1) is 5.56 Å². The summed E-state index contributed by atoms with van der Waals surface area (Å²) in [6.07, 6.45) is 5.05. The smallest absolute Gasteiger partial charge is 0.138 e. The molecule has 17 heavy (non-hydrogen) atoms. The van der Waals surface area contributed by atoms with E-state index in [1.54, 1.807) is 6.20 Å². The summed E-state index contributed by atoms with van der Waals surface area (Å²) >= 11 is 6.95. The quantitative estimate of drug-likeness (QED) is 0.633. The number of aromatic nitrogens is 1. The van der Waals surface area contributed by atoms with Gasteiger partial charge in [-0.05, 0) is 37.0 Å². The minimum absolute atomic E-state index is 0.419. The number of hydrogen-bond donors (Lipinski definition) is 1. The monoisotopic (exact) mass is 269 g/mol. The van der Waals surface area contributed by atoms with Gasteiger partial charge in [0.2, 0.25) is 0 Å². The molecule has 2 N–H and O–H groups in total. The van der Waals surface area contributed by atoms with Crippen LogP contribution in [0.5, 0.6) is 0 Å². The lowest BCUT2D eigenvalue weighted by Crippen LogP contribution is -2.25. The highest BCUT2D eigenvalue weighted by molar-refractivity contribution is 7.98. The van der Waals surface area contributed by atoms with Gasteiger partial charge < -0.3 is 10.6 Å². The fourth-order valence-corrected chi connectivity index (χ4v) is 2.36. The highest BCUT2D eigenvalue weighted by Gasteiger charge is 2.13. The number of nitrogens with two attached hydrogens (primary N) is 1. The Labute approximate surface area is 113 Å². The molecule has 0 spiro atoms. The summed E-state index contributed by atoms with van der Waals surface area (Å²) in [5.41, 5.74) is 7.75. The number of thioether (sulfide) groups is 1. The molecule has 1 rings (SSSR count). The van der Waals surface area contributed by atoms with Gasteiger partial charge >= 0.3 is 0 Å². The first-order valence-corrected chi connectivity index (χ1v) is 7.33. The number of thiocarbonyl (C=S) groups is 1. The molecule has 0 fully saturated rings. The van der Waals surface area contributed by atoms with Crippen molar-refractivity contribution in [2.24, 2.45) is 5.73 Å². The van der Waals surface area contributed by atoms with Gasteiger partial charge in [0.15, 0.2) is 0 Å². The molecule has 0 radical (unpaired) electrons. The Morgan fingerprint density at radius 3 is 2.88 bits per heavy atom. The number of aryl methyl sites for hydroxylation is 1. The number of nitrogens with zero attached hydrogens (tertiary/aromatic N) is 2. The largest absolute Gasteiger partial charge is 0.389 e.